The van der Waals surface area contributed by atoms with E-state index in [1.165, 1.54) is 17.0 Å². The fourth-order valence-electron chi connectivity index (χ4n) is 5.67. The van der Waals surface area contributed by atoms with Crippen LogP contribution in [0.15, 0.2) is 39.9 Å². The summed E-state index contributed by atoms with van der Waals surface area (Å²) in [6.45, 7) is 3.76. The van der Waals surface area contributed by atoms with Crippen molar-refractivity contribution in [1.29, 1.82) is 0 Å². The first-order chi connectivity index (χ1) is 17.3. The molecule has 1 saturated heterocycles. The number of benzene rings is 1. The smallest absolute Gasteiger partial charge is 0.271 e. The maximum Gasteiger partial charge on any atom is 0.271 e. The Hall–Kier alpha value is -2.39. The number of morpholine rings is 1. The van der Waals surface area contributed by atoms with Gasteiger partial charge in [0.1, 0.15) is 5.69 Å². The van der Waals surface area contributed by atoms with Crippen molar-refractivity contribution >= 4 is 29.7 Å². The molecule has 0 radical (unpaired) electrons. The number of aryl methyl sites for hydroxylation is 2. The Bertz CT molecular complexity index is 1260. The summed E-state index contributed by atoms with van der Waals surface area (Å²) >= 11 is 6.09. The number of ether oxygens (including phenoxy) is 1. The second-order valence-electron chi connectivity index (χ2n) is 10.2. The van der Waals surface area contributed by atoms with Crippen molar-refractivity contribution in [1.82, 2.24) is 14.7 Å². The molecular formula is C27H34Cl2N4O4. The van der Waals surface area contributed by atoms with Gasteiger partial charge in [-0.15, -0.1) is 12.4 Å². The molecule has 37 heavy (non-hydrogen) atoms. The Morgan fingerprint density at radius 1 is 1.14 bits per heavy atom. The summed E-state index contributed by atoms with van der Waals surface area (Å²) in [5, 5.41) is 18.1. The van der Waals surface area contributed by atoms with Gasteiger partial charge < -0.3 is 15.2 Å². The monoisotopic (exact) mass is 548 g/mol. The molecule has 10 heteroatoms. The van der Waals surface area contributed by atoms with Crippen molar-refractivity contribution in [2.45, 2.75) is 63.1 Å². The Morgan fingerprint density at radius 2 is 1.84 bits per heavy atom. The zero-order chi connectivity index (χ0) is 25.4. The summed E-state index contributed by atoms with van der Waals surface area (Å²) in [6, 6.07) is 10.9. The van der Waals surface area contributed by atoms with Gasteiger partial charge in [-0.1, -0.05) is 23.7 Å². The van der Waals surface area contributed by atoms with Crippen LogP contribution in [0.5, 0.6) is 5.75 Å². The van der Waals surface area contributed by atoms with Gasteiger partial charge in [0.25, 0.3) is 10.9 Å². The lowest BCUT2D eigenvalue weighted by molar-refractivity contribution is -0.0789. The van der Waals surface area contributed by atoms with Crippen molar-refractivity contribution in [3.05, 3.63) is 72.8 Å². The van der Waals surface area contributed by atoms with Crippen LogP contribution >= 0.6 is 24.0 Å². The van der Waals surface area contributed by atoms with E-state index in [1.54, 1.807) is 0 Å². The van der Waals surface area contributed by atoms with Crippen molar-refractivity contribution in [3.8, 4) is 5.75 Å². The summed E-state index contributed by atoms with van der Waals surface area (Å²) in [6.07, 6.45) is 5.12. The van der Waals surface area contributed by atoms with Gasteiger partial charge in [0.2, 0.25) is 0 Å². The van der Waals surface area contributed by atoms with Crippen LogP contribution in [0.3, 0.4) is 0 Å². The third-order valence-corrected chi connectivity index (χ3v) is 8.15. The molecule has 0 unspecified atom stereocenters. The van der Waals surface area contributed by atoms with Crippen LogP contribution in [0.1, 0.15) is 48.6 Å². The molecule has 1 aliphatic carbocycles. The lowest BCUT2D eigenvalue weighted by atomic mass is 9.82. The van der Waals surface area contributed by atoms with Crippen LogP contribution in [-0.2, 0) is 18.2 Å². The third kappa shape index (κ3) is 5.87. The van der Waals surface area contributed by atoms with Gasteiger partial charge in [-0.2, -0.15) is 5.10 Å². The van der Waals surface area contributed by atoms with Crippen molar-refractivity contribution in [3.63, 3.8) is 0 Å². The SMILES string of the molecule is Cc1cc(C2CCC(N3C[C@H](CNc4c(O)c(=O)c4=O)OC[C@@H]3Cc3ccc(Cl)cc3)CC2)nn1C.Cl. The maximum atomic E-state index is 11.7. The van der Waals surface area contributed by atoms with Crippen LogP contribution in [-0.4, -0.2) is 57.7 Å². The van der Waals surface area contributed by atoms with E-state index < -0.39 is 16.6 Å². The second kappa shape index (κ2) is 11.6. The molecule has 1 aromatic heterocycles. The molecule has 0 bridgehead atoms. The predicted octanol–water partition coefficient (Wildman–Crippen LogP) is 3.56. The van der Waals surface area contributed by atoms with E-state index in [0.29, 0.717) is 25.1 Å². The van der Waals surface area contributed by atoms with Crippen molar-refractivity contribution < 1.29 is 9.84 Å². The highest BCUT2D eigenvalue weighted by molar-refractivity contribution is 6.30. The molecule has 2 aliphatic rings. The summed E-state index contributed by atoms with van der Waals surface area (Å²) in [4.78, 5) is 25.6. The number of hydrogen-bond acceptors (Lipinski definition) is 7. The zero-order valence-electron chi connectivity index (χ0n) is 21.2. The molecule has 2 N–H and O–H groups in total. The van der Waals surface area contributed by atoms with Crippen molar-refractivity contribution in [2.24, 2.45) is 7.05 Å². The van der Waals surface area contributed by atoms with E-state index in [9.17, 15) is 14.7 Å². The van der Waals surface area contributed by atoms with Gasteiger partial charge in [-0.3, -0.25) is 19.2 Å². The van der Waals surface area contributed by atoms with Gasteiger partial charge in [0.05, 0.1) is 18.4 Å². The standard InChI is InChI=1S/C27H33ClN4O4.ClH/c1-16-11-23(30-31(16)2)18-5-9-20(10-6-18)32-14-22(13-29-24-25(33)27(35)26(24)34)36-15-21(32)12-17-3-7-19(28)8-4-17;/h3-4,7-8,11,18,20-22,29,33H,5-6,9-10,12-15H2,1-2H3;1H/t18?,20?,21-,22-;/m0./s1. The van der Waals surface area contributed by atoms with Crippen LogP contribution in [0.25, 0.3) is 0 Å². The normalized spacial score (nSPS) is 24.6. The third-order valence-electron chi connectivity index (χ3n) is 7.90. The Kier molecular flexibility index (Phi) is 8.63. The number of rotatable bonds is 7. The summed E-state index contributed by atoms with van der Waals surface area (Å²) in [5.41, 5.74) is 2.12. The lowest BCUT2D eigenvalue weighted by Crippen LogP contribution is -2.56. The molecule has 5 rings (SSSR count). The second-order valence-corrected chi connectivity index (χ2v) is 10.7. The Morgan fingerprint density at radius 3 is 2.46 bits per heavy atom. The minimum atomic E-state index is -0.827. The van der Waals surface area contributed by atoms with E-state index in [2.05, 4.69) is 35.3 Å². The highest BCUT2D eigenvalue weighted by Crippen LogP contribution is 2.36. The fourth-order valence-corrected chi connectivity index (χ4v) is 5.80. The molecule has 2 fully saturated rings. The molecule has 1 aliphatic heterocycles. The van der Waals surface area contributed by atoms with E-state index in [-0.39, 0.29) is 30.2 Å². The number of anilines is 1. The van der Waals surface area contributed by atoms with Gasteiger partial charge in [0.15, 0.2) is 5.75 Å². The zero-order valence-corrected chi connectivity index (χ0v) is 22.7. The predicted molar refractivity (Wildman–Crippen MR) is 147 cm³/mol. The molecular weight excluding hydrogens is 515 g/mol. The minimum Gasteiger partial charge on any atom is -0.502 e. The number of nitrogens with one attached hydrogen (secondary N) is 1. The topological polar surface area (TPSA) is 96.7 Å². The first kappa shape index (κ1) is 27.6. The van der Waals surface area contributed by atoms with Gasteiger partial charge in [-0.05, 0) is 62.8 Å². The number of aromatic nitrogens is 2. The molecule has 2 heterocycles. The maximum absolute atomic E-state index is 11.7. The molecule has 0 spiro atoms. The summed E-state index contributed by atoms with van der Waals surface area (Å²) in [5.74, 6) is 0.0165. The molecule has 3 aromatic rings. The molecule has 1 saturated carbocycles. The Labute approximate surface area is 227 Å². The summed E-state index contributed by atoms with van der Waals surface area (Å²) < 4.78 is 8.14. The van der Waals surface area contributed by atoms with Crippen LogP contribution in [0, 0.1) is 6.92 Å². The molecule has 200 valence electrons. The quantitative estimate of drug-likeness (QED) is 0.435. The van der Waals surface area contributed by atoms with E-state index in [0.717, 1.165) is 43.7 Å². The largest absolute Gasteiger partial charge is 0.502 e. The number of nitrogens with zero attached hydrogens (tertiary/aromatic N) is 3. The van der Waals surface area contributed by atoms with Crippen LogP contribution in [0.4, 0.5) is 5.69 Å². The van der Waals surface area contributed by atoms with E-state index in [4.69, 9.17) is 21.4 Å². The lowest BCUT2D eigenvalue weighted by Gasteiger charge is -2.46. The highest BCUT2D eigenvalue weighted by atomic mass is 35.5. The molecule has 2 aromatic carbocycles. The summed E-state index contributed by atoms with van der Waals surface area (Å²) in [7, 11) is 2.00. The molecule has 0 amide bonds. The number of hydrogen-bond donors (Lipinski definition) is 2. The van der Waals surface area contributed by atoms with E-state index >= 15 is 0 Å². The average molecular weight is 549 g/mol. The van der Waals surface area contributed by atoms with E-state index in [1.807, 2.05) is 23.9 Å². The van der Waals surface area contributed by atoms with Gasteiger partial charge >= 0.3 is 0 Å². The van der Waals surface area contributed by atoms with Crippen LogP contribution < -0.4 is 16.2 Å². The van der Waals surface area contributed by atoms with Gasteiger partial charge in [-0.25, -0.2) is 0 Å². The molecule has 2 atom stereocenters. The van der Waals surface area contributed by atoms with Crippen LogP contribution in [0.2, 0.25) is 5.02 Å². The highest BCUT2D eigenvalue weighted by Gasteiger charge is 2.36. The fraction of sp³-hybridized carbons (Fsp3) is 0.519. The average Bonchev–Trinajstić information content (AvgIpc) is 3.23. The van der Waals surface area contributed by atoms with Gasteiger partial charge in [0, 0.05) is 48.9 Å². The number of aromatic hydroxyl groups is 1. The minimum absolute atomic E-state index is 0. The first-order valence-corrected chi connectivity index (χ1v) is 13.1. The number of halogens is 2. The molecule has 8 nitrogen and oxygen atoms in total. The Balaban J connectivity index is 0.00000320. The van der Waals surface area contributed by atoms with Crippen molar-refractivity contribution in [2.75, 3.05) is 25.0 Å². The first-order valence-electron chi connectivity index (χ1n) is 12.7.